The minimum atomic E-state index is 0.285. The number of aryl methyl sites for hydroxylation is 2. The molecule has 2 heteroatoms. The monoisotopic (exact) mass is 235 g/mol. The molecule has 0 heterocycles. The molecular formula is C15H25NO. The lowest BCUT2D eigenvalue weighted by Gasteiger charge is -2.18. The van der Waals surface area contributed by atoms with Gasteiger partial charge in [0.25, 0.3) is 0 Å². The molecule has 17 heavy (non-hydrogen) atoms. The van der Waals surface area contributed by atoms with E-state index in [0.717, 1.165) is 13.2 Å². The van der Waals surface area contributed by atoms with Crippen LogP contribution in [0.4, 0.5) is 0 Å². The number of rotatable bonds is 6. The first kappa shape index (κ1) is 14.2. The van der Waals surface area contributed by atoms with Gasteiger partial charge in [0.1, 0.15) is 0 Å². The Labute approximate surface area is 105 Å². The summed E-state index contributed by atoms with van der Waals surface area (Å²) < 4.78 is 5.72. The van der Waals surface area contributed by atoms with E-state index in [1.807, 2.05) is 7.05 Å². The van der Waals surface area contributed by atoms with Crippen molar-refractivity contribution in [2.24, 2.45) is 5.92 Å². The second kappa shape index (κ2) is 6.77. The lowest BCUT2D eigenvalue weighted by Crippen LogP contribution is -2.23. The highest BCUT2D eigenvalue weighted by Gasteiger charge is 2.10. The summed E-state index contributed by atoms with van der Waals surface area (Å²) in [5.74, 6) is 0.590. The van der Waals surface area contributed by atoms with E-state index in [4.69, 9.17) is 4.74 Å². The molecule has 0 bridgehead atoms. The average molecular weight is 235 g/mol. The highest BCUT2D eigenvalue weighted by molar-refractivity contribution is 5.30. The highest BCUT2D eigenvalue weighted by atomic mass is 16.5. The van der Waals surface area contributed by atoms with E-state index in [1.165, 1.54) is 16.7 Å². The van der Waals surface area contributed by atoms with Crippen molar-refractivity contribution in [3.8, 4) is 0 Å². The fourth-order valence-corrected chi connectivity index (χ4v) is 1.98. The fourth-order valence-electron chi connectivity index (χ4n) is 1.98. The van der Waals surface area contributed by atoms with Crippen molar-refractivity contribution in [2.45, 2.75) is 33.7 Å². The van der Waals surface area contributed by atoms with Crippen LogP contribution >= 0.6 is 0 Å². The number of nitrogens with one attached hydrogen (secondary N) is 1. The predicted molar refractivity (Wildman–Crippen MR) is 73.4 cm³/mol. The molecule has 1 rings (SSSR count). The Bertz CT molecular complexity index is 327. The molecule has 0 aliphatic rings. The minimum absolute atomic E-state index is 0.285. The molecule has 0 fully saturated rings. The summed E-state index contributed by atoms with van der Waals surface area (Å²) >= 11 is 0. The van der Waals surface area contributed by atoms with Gasteiger partial charge in [-0.15, -0.1) is 0 Å². The smallest absolute Gasteiger partial charge is 0.0661 e. The first-order valence-corrected chi connectivity index (χ1v) is 6.36. The maximum atomic E-state index is 5.72. The van der Waals surface area contributed by atoms with Gasteiger partial charge in [-0.1, -0.05) is 43.2 Å². The maximum absolute atomic E-state index is 5.72. The molecule has 0 aliphatic heterocycles. The van der Waals surface area contributed by atoms with Crippen molar-refractivity contribution in [1.82, 2.24) is 5.32 Å². The minimum Gasteiger partial charge on any atom is -0.379 e. The quantitative estimate of drug-likeness (QED) is 0.817. The first-order valence-electron chi connectivity index (χ1n) is 6.36. The van der Waals surface area contributed by atoms with Gasteiger partial charge in [-0.25, -0.2) is 0 Å². The van der Waals surface area contributed by atoms with Crippen LogP contribution in [0.15, 0.2) is 18.2 Å². The van der Waals surface area contributed by atoms with Crippen molar-refractivity contribution in [3.05, 3.63) is 34.9 Å². The van der Waals surface area contributed by atoms with Crippen molar-refractivity contribution in [1.29, 1.82) is 0 Å². The lowest BCUT2D eigenvalue weighted by molar-refractivity contribution is 0.0919. The van der Waals surface area contributed by atoms with Gasteiger partial charge in [0.05, 0.1) is 12.6 Å². The topological polar surface area (TPSA) is 21.3 Å². The molecule has 1 atom stereocenters. The Morgan fingerprint density at radius 3 is 2.12 bits per heavy atom. The normalized spacial score (nSPS) is 13.1. The fraction of sp³-hybridized carbons (Fsp3) is 0.600. The molecule has 1 aromatic rings. The second-order valence-electron chi connectivity index (χ2n) is 5.19. The molecule has 1 N–H and O–H groups in total. The lowest BCUT2D eigenvalue weighted by atomic mass is 10.0. The van der Waals surface area contributed by atoms with Gasteiger partial charge in [-0.2, -0.15) is 0 Å². The van der Waals surface area contributed by atoms with Crippen molar-refractivity contribution in [2.75, 3.05) is 20.3 Å². The van der Waals surface area contributed by atoms with E-state index in [-0.39, 0.29) is 6.04 Å². The van der Waals surface area contributed by atoms with Gasteiger partial charge in [0.2, 0.25) is 0 Å². The van der Waals surface area contributed by atoms with E-state index in [1.54, 1.807) is 0 Å². The van der Waals surface area contributed by atoms with Crippen LogP contribution in [0, 0.1) is 19.8 Å². The van der Waals surface area contributed by atoms with Crippen molar-refractivity contribution >= 4 is 0 Å². The van der Waals surface area contributed by atoms with Crippen LogP contribution in [0.25, 0.3) is 0 Å². The predicted octanol–water partition coefficient (Wildman–Crippen LogP) is 3.24. The van der Waals surface area contributed by atoms with Crippen LogP contribution in [-0.4, -0.2) is 20.3 Å². The molecule has 0 saturated carbocycles. The summed E-state index contributed by atoms with van der Waals surface area (Å²) in [5.41, 5.74) is 3.93. The van der Waals surface area contributed by atoms with Crippen LogP contribution < -0.4 is 5.32 Å². The Balaban J connectivity index is 2.65. The van der Waals surface area contributed by atoms with Gasteiger partial charge in [0, 0.05) is 6.61 Å². The SMILES string of the molecule is CNC(COCC(C)C)c1cc(C)cc(C)c1. The molecule has 0 aromatic heterocycles. The van der Waals surface area contributed by atoms with Crippen molar-refractivity contribution < 1.29 is 4.74 Å². The summed E-state index contributed by atoms with van der Waals surface area (Å²) in [6, 6.07) is 6.94. The van der Waals surface area contributed by atoms with Crippen LogP contribution in [-0.2, 0) is 4.74 Å². The number of benzene rings is 1. The maximum Gasteiger partial charge on any atom is 0.0661 e. The third-order valence-corrected chi connectivity index (χ3v) is 2.73. The summed E-state index contributed by atoms with van der Waals surface area (Å²) in [6.45, 7) is 10.2. The summed E-state index contributed by atoms with van der Waals surface area (Å²) in [5, 5.41) is 3.32. The summed E-state index contributed by atoms with van der Waals surface area (Å²) in [7, 11) is 1.99. The number of hydrogen-bond acceptors (Lipinski definition) is 2. The highest BCUT2D eigenvalue weighted by Crippen LogP contribution is 2.17. The third-order valence-electron chi connectivity index (χ3n) is 2.73. The van der Waals surface area contributed by atoms with Gasteiger partial charge in [-0.3, -0.25) is 0 Å². The Hall–Kier alpha value is -0.860. The Morgan fingerprint density at radius 2 is 1.65 bits per heavy atom. The largest absolute Gasteiger partial charge is 0.379 e. The Kier molecular flexibility index (Phi) is 5.66. The zero-order valence-electron chi connectivity index (χ0n) is 11.7. The van der Waals surface area contributed by atoms with Gasteiger partial charge in [-0.05, 0) is 32.4 Å². The summed E-state index contributed by atoms with van der Waals surface area (Å²) in [6.07, 6.45) is 0. The number of likely N-dealkylation sites (N-methyl/N-ethyl adjacent to an activating group) is 1. The molecule has 1 aromatic carbocycles. The molecular weight excluding hydrogens is 210 g/mol. The van der Waals surface area contributed by atoms with Gasteiger partial charge in [0.15, 0.2) is 0 Å². The average Bonchev–Trinajstić information content (AvgIpc) is 2.22. The molecule has 0 aliphatic carbocycles. The standard InChI is InChI=1S/C15H25NO/c1-11(2)9-17-10-15(16-5)14-7-12(3)6-13(4)8-14/h6-8,11,15-16H,9-10H2,1-5H3. The second-order valence-corrected chi connectivity index (χ2v) is 5.19. The first-order chi connectivity index (χ1) is 8.02. The zero-order valence-corrected chi connectivity index (χ0v) is 11.7. The van der Waals surface area contributed by atoms with Crippen LogP contribution in [0.2, 0.25) is 0 Å². The molecule has 0 amide bonds. The van der Waals surface area contributed by atoms with Crippen molar-refractivity contribution in [3.63, 3.8) is 0 Å². The zero-order chi connectivity index (χ0) is 12.8. The number of hydrogen-bond donors (Lipinski definition) is 1. The van der Waals surface area contributed by atoms with E-state index in [0.29, 0.717) is 5.92 Å². The molecule has 1 unspecified atom stereocenters. The molecule has 96 valence electrons. The molecule has 0 spiro atoms. The molecule has 2 nitrogen and oxygen atoms in total. The van der Waals surface area contributed by atoms with Crippen LogP contribution in [0.3, 0.4) is 0 Å². The van der Waals surface area contributed by atoms with Crippen LogP contribution in [0.5, 0.6) is 0 Å². The van der Waals surface area contributed by atoms with E-state index in [9.17, 15) is 0 Å². The van der Waals surface area contributed by atoms with Gasteiger partial charge < -0.3 is 10.1 Å². The van der Waals surface area contributed by atoms with E-state index >= 15 is 0 Å². The number of ether oxygens (including phenoxy) is 1. The van der Waals surface area contributed by atoms with E-state index in [2.05, 4.69) is 51.2 Å². The Morgan fingerprint density at radius 1 is 1.06 bits per heavy atom. The summed E-state index contributed by atoms with van der Waals surface area (Å²) in [4.78, 5) is 0. The van der Waals surface area contributed by atoms with Crippen LogP contribution in [0.1, 0.15) is 36.6 Å². The van der Waals surface area contributed by atoms with E-state index < -0.39 is 0 Å². The molecule has 0 radical (unpaired) electrons. The molecule has 0 saturated heterocycles. The third kappa shape index (κ3) is 4.88. The van der Waals surface area contributed by atoms with Gasteiger partial charge >= 0.3 is 0 Å².